The number of benzene rings is 2. The Morgan fingerprint density at radius 2 is 1.74 bits per heavy atom. The minimum absolute atomic E-state index is 0.157. The minimum atomic E-state index is -0.157. The van der Waals surface area contributed by atoms with E-state index in [1.54, 1.807) is 18.2 Å². The molecule has 0 bridgehead atoms. The summed E-state index contributed by atoms with van der Waals surface area (Å²) >= 11 is 17.1. The zero-order valence-corrected chi connectivity index (χ0v) is 14.4. The van der Waals surface area contributed by atoms with E-state index in [9.17, 15) is 4.79 Å². The Bertz CT molecular complexity index is 695. The summed E-state index contributed by atoms with van der Waals surface area (Å²) in [5.74, 6) is -0.157. The fourth-order valence-corrected chi connectivity index (χ4v) is 2.35. The summed E-state index contributed by atoms with van der Waals surface area (Å²) in [6.45, 7) is 0. The van der Waals surface area contributed by atoms with Gasteiger partial charge in [0.2, 0.25) is 5.91 Å². The Morgan fingerprint density at radius 1 is 1.00 bits per heavy atom. The quantitative estimate of drug-likeness (QED) is 0.565. The molecule has 2 aromatic rings. The highest BCUT2D eigenvalue weighted by atomic mass is 35.5. The van der Waals surface area contributed by atoms with E-state index < -0.39 is 0 Å². The first-order valence-corrected chi connectivity index (χ1v) is 8.06. The van der Waals surface area contributed by atoms with Gasteiger partial charge in [-0.3, -0.25) is 15.6 Å². The second-order valence-electron chi connectivity index (χ2n) is 4.71. The molecule has 1 amide bonds. The van der Waals surface area contributed by atoms with Crippen LogP contribution < -0.4 is 16.2 Å². The van der Waals surface area contributed by atoms with Crippen LogP contribution in [0.3, 0.4) is 0 Å². The van der Waals surface area contributed by atoms with E-state index in [0.717, 1.165) is 5.56 Å². The fourth-order valence-electron chi connectivity index (χ4n) is 1.85. The number of rotatable bonds is 4. The van der Waals surface area contributed by atoms with E-state index in [4.69, 9.17) is 35.4 Å². The van der Waals surface area contributed by atoms with Gasteiger partial charge in [0.05, 0.1) is 15.7 Å². The molecule has 0 aliphatic heterocycles. The van der Waals surface area contributed by atoms with Crippen molar-refractivity contribution in [3.63, 3.8) is 0 Å². The van der Waals surface area contributed by atoms with Gasteiger partial charge in [-0.25, -0.2) is 0 Å². The van der Waals surface area contributed by atoms with Gasteiger partial charge in [-0.2, -0.15) is 0 Å². The summed E-state index contributed by atoms with van der Waals surface area (Å²) in [5.41, 5.74) is 6.84. The minimum Gasteiger partial charge on any atom is -0.330 e. The van der Waals surface area contributed by atoms with Crippen molar-refractivity contribution in [1.29, 1.82) is 0 Å². The Hall–Kier alpha value is -1.82. The first kappa shape index (κ1) is 17.5. The number of nitrogens with one attached hydrogen (secondary N) is 3. The Balaban J connectivity index is 1.75. The molecule has 0 heterocycles. The molecule has 0 aliphatic rings. The van der Waals surface area contributed by atoms with E-state index in [2.05, 4.69) is 16.2 Å². The van der Waals surface area contributed by atoms with Gasteiger partial charge in [0.25, 0.3) is 0 Å². The van der Waals surface area contributed by atoms with Gasteiger partial charge in [-0.05, 0) is 36.3 Å². The number of amides is 1. The lowest BCUT2D eigenvalue weighted by molar-refractivity contribution is -0.121. The van der Waals surface area contributed by atoms with Gasteiger partial charge >= 0.3 is 0 Å². The second kappa shape index (κ2) is 8.72. The average Bonchev–Trinajstić information content (AvgIpc) is 2.56. The molecule has 23 heavy (non-hydrogen) atoms. The van der Waals surface area contributed by atoms with Crippen molar-refractivity contribution < 1.29 is 4.79 Å². The topological polar surface area (TPSA) is 53.2 Å². The molecular weight excluding hydrogens is 353 g/mol. The highest BCUT2D eigenvalue weighted by molar-refractivity contribution is 7.80. The molecule has 0 radical (unpaired) electrons. The first-order valence-electron chi connectivity index (χ1n) is 6.90. The van der Waals surface area contributed by atoms with Gasteiger partial charge in [0.1, 0.15) is 0 Å². The fraction of sp³-hybridized carbons (Fsp3) is 0.125. The van der Waals surface area contributed by atoms with E-state index in [-0.39, 0.29) is 11.0 Å². The number of hydrazine groups is 1. The van der Waals surface area contributed by atoms with Crippen molar-refractivity contribution in [2.45, 2.75) is 12.8 Å². The number of hydrogen-bond donors (Lipinski definition) is 3. The van der Waals surface area contributed by atoms with Crippen molar-refractivity contribution in [3.05, 3.63) is 64.1 Å². The van der Waals surface area contributed by atoms with Crippen molar-refractivity contribution in [3.8, 4) is 0 Å². The summed E-state index contributed by atoms with van der Waals surface area (Å²) in [6, 6.07) is 14.9. The summed E-state index contributed by atoms with van der Waals surface area (Å²) < 4.78 is 0. The third-order valence-corrected chi connectivity index (χ3v) is 4.02. The normalized spacial score (nSPS) is 10.0. The van der Waals surface area contributed by atoms with Crippen LogP contribution in [0.25, 0.3) is 0 Å². The van der Waals surface area contributed by atoms with Crippen LogP contribution >= 0.6 is 35.4 Å². The molecule has 2 aromatic carbocycles. The molecule has 0 aromatic heterocycles. The summed E-state index contributed by atoms with van der Waals surface area (Å²) in [5, 5.41) is 3.89. The maximum absolute atomic E-state index is 11.8. The molecule has 2 rings (SSSR count). The third kappa shape index (κ3) is 5.71. The zero-order chi connectivity index (χ0) is 16.7. The predicted octanol–water partition coefficient (Wildman–Crippen LogP) is 3.94. The van der Waals surface area contributed by atoms with Crippen LogP contribution in [0.5, 0.6) is 0 Å². The van der Waals surface area contributed by atoms with Crippen molar-refractivity contribution in [2.24, 2.45) is 0 Å². The van der Waals surface area contributed by atoms with E-state index in [0.29, 0.717) is 28.6 Å². The molecular formula is C16H15Cl2N3OS. The summed E-state index contributed by atoms with van der Waals surface area (Å²) in [4.78, 5) is 11.8. The van der Waals surface area contributed by atoms with Gasteiger partial charge in [0.15, 0.2) is 5.11 Å². The summed E-state index contributed by atoms with van der Waals surface area (Å²) in [7, 11) is 0. The Kier molecular flexibility index (Phi) is 6.65. The standard InChI is InChI=1S/C16H15Cl2N3OS/c17-12-7-4-8-13(15(12)18)19-16(23)21-20-14(22)10-9-11-5-2-1-3-6-11/h1-8H,9-10H2,(H,20,22)(H2,19,21,23). The second-order valence-corrected chi connectivity index (χ2v) is 5.91. The molecule has 0 unspecified atom stereocenters. The molecule has 0 spiro atoms. The number of halogens is 2. The molecule has 7 heteroatoms. The monoisotopic (exact) mass is 367 g/mol. The van der Waals surface area contributed by atoms with E-state index in [1.807, 2.05) is 30.3 Å². The predicted molar refractivity (Wildman–Crippen MR) is 98.7 cm³/mol. The van der Waals surface area contributed by atoms with Gasteiger partial charge in [-0.1, -0.05) is 59.6 Å². The van der Waals surface area contributed by atoms with Crippen LogP contribution in [-0.4, -0.2) is 11.0 Å². The highest BCUT2D eigenvalue weighted by Crippen LogP contribution is 2.29. The van der Waals surface area contributed by atoms with E-state index in [1.165, 1.54) is 0 Å². The largest absolute Gasteiger partial charge is 0.330 e. The van der Waals surface area contributed by atoms with Crippen molar-refractivity contribution in [1.82, 2.24) is 10.9 Å². The lowest BCUT2D eigenvalue weighted by Crippen LogP contribution is -2.43. The number of anilines is 1. The molecule has 3 N–H and O–H groups in total. The summed E-state index contributed by atoms with van der Waals surface area (Å²) in [6.07, 6.45) is 1.02. The Labute approximate surface area is 150 Å². The van der Waals surface area contributed by atoms with Crippen LogP contribution in [0.2, 0.25) is 10.0 Å². The van der Waals surface area contributed by atoms with Crippen LogP contribution in [0.4, 0.5) is 5.69 Å². The average molecular weight is 368 g/mol. The van der Waals surface area contributed by atoms with Crippen LogP contribution in [0.1, 0.15) is 12.0 Å². The van der Waals surface area contributed by atoms with Crippen LogP contribution in [-0.2, 0) is 11.2 Å². The first-order chi connectivity index (χ1) is 11.1. The number of carbonyl (C=O) groups is 1. The van der Waals surface area contributed by atoms with Crippen molar-refractivity contribution in [2.75, 3.05) is 5.32 Å². The van der Waals surface area contributed by atoms with Gasteiger partial charge in [0, 0.05) is 6.42 Å². The maximum atomic E-state index is 11.8. The molecule has 0 atom stereocenters. The molecule has 4 nitrogen and oxygen atoms in total. The lowest BCUT2D eigenvalue weighted by atomic mass is 10.1. The number of thiocarbonyl (C=S) groups is 1. The number of hydrogen-bond acceptors (Lipinski definition) is 2. The maximum Gasteiger partial charge on any atom is 0.238 e. The van der Waals surface area contributed by atoms with Crippen LogP contribution in [0, 0.1) is 0 Å². The Morgan fingerprint density at radius 3 is 2.48 bits per heavy atom. The van der Waals surface area contributed by atoms with Gasteiger partial charge < -0.3 is 5.32 Å². The SMILES string of the molecule is O=C(CCc1ccccc1)NNC(=S)Nc1cccc(Cl)c1Cl. The third-order valence-electron chi connectivity index (χ3n) is 3.00. The molecule has 0 fully saturated rings. The van der Waals surface area contributed by atoms with Crippen LogP contribution in [0.15, 0.2) is 48.5 Å². The lowest BCUT2D eigenvalue weighted by Gasteiger charge is -2.13. The van der Waals surface area contributed by atoms with E-state index >= 15 is 0 Å². The molecule has 0 aliphatic carbocycles. The molecule has 0 saturated heterocycles. The zero-order valence-electron chi connectivity index (χ0n) is 12.1. The molecule has 120 valence electrons. The number of aryl methyl sites for hydroxylation is 1. The highest BCUT2D eigenvalue weighted by Gasteiger charge is 2.07. The number of carbonyl (C=O) groups excluding carboxylic acids is 1. The smallest absolute Gasteiger partial charge is 0.238 e. The van der Waals surface area contributed by atoms with Crippen molar-refractivity contribution >= 4 is 52.1 Å². The molecule has 0 saturated carbocycles. The van der Waals surface area contributed by atoms with Gasteiger partial charge in [-0.15, -0.1) is 0 Å².